The molecule has 2 rings (SSSR count). The summed E-state index contributed by atoms with van der Waals surface area (Å²) >= 11 is 0. The summed E-state index contributed by atoms with van der Waals surface area (Å²) in [7, 11) is 0. The molecule has 0 spiro atoms. The van der Waals surface area contributed by atoms with Crippen molar-refractivity contribution in [2.45, 2.75) is 20.3 Å². The van der Waals surface area contributed by atoms with Crippen LogP contribution in [0.3, 0.4) is 0 Å². The zero-order chi connectivity index (χ0) is 12.4. The number of aromatic amines is 1. The van der Waals surface area contributed by atoms with Crippen LogP contribution in [0.25, 0.3) is 11.3 Å². The Balaban J connectivity index is 2.45. The molecular formula is C12H15FN4. The second-order valence-corrected chi connectivity index (χ2v) is 4.45. The van der Waals surface area contributed by atoms with Crippen molar-refractivity contribution in [3.8, 4) is 11.3 Å². The number of rotatable bonds is 3. The van der Waals surface area contributed by atoms with Gasteiger partial charge in [-0.2, -0.15) is 5.10 Å². The van der Waals surface area contributed by atoms with Crippen molar-refractivity contribution in [3.63, 3.8) is 0 Å². The summed E-state index contributed by atoms with van der Waals surface area (Å²) in [5.74, 6) is 0.555. The minimum Gasteiger partial charge on any atom is -0.382 e. The molecule has 4 nitrogen and oxygen atoms in total. The standard InChI is InChI=1S/C12H15FN4/c1-7(2)3-10-11(16-17-12(10)14)8-4-9(13)6-15-5-8/h4-7H,3H2,1-2H3,(H3,14,16,17). The first kappa shape index (κ1) is 11.6. The number of H-pyrrole nitrogens is 1. The van der Waals surface area contributed by atoms with Crippen molar-refractivity contribution in [1.29, 1.82) is 0 Å². The lowest BCUT2D eigenvalue weighted by molar-refractivity contribution is 0.621. The first-order chi connectivity index (χ1) is 8.08. The quantitative estimate of drug-likeness (QED) is 0.856. The first-order valence-corrected chi connectivity index (χ1v) is 5.51. The minimum absolute atomic E-state index is 0.369. The molecule has 2 aromatic rings. The van der Waals surface area contributed by atoms with E-state index in [2.05, 4.69) is 29.0 Å². The van der Waals surface area contributed by atoms with Crippen LogP contribution >= 0.6 is 0 Å². The van der Waals surface area contributed by atoms with Crippen LogP contribution in [0.5, 0.6) is 0 Å². The highest BCUT2D eigenvalue weighted by molar-refractivity contribution is 5.67. The van der Waals surface area contributed by atoms with E-state index in [0.717, 1.165) is 17.7 Å². The highest BCUT2D eigenvalue weighted by atomic mass is 19.1. The van der Waals surface area contributed by atoms with Crippen LogP contribution in [0.4, 0.5) is 10.2 Å². The molecule has 0 amide bonds. The van der Waals surface area contributed by atoms with Crippen LogP contribution in [0.15, 0.2) is 18.5 Å². The Hall–Kier alpha value is -1.91. The predicted molar refractivity (Wildman–Crippen MR) is 64.7 cm³/mol. The molecule has 0 fully saturated rings. The van der Waals surface area contributed by atoms with E-state index in [9.17, 15) is 4.39 Å². The summed E-state index contributed by atoms with van der Waals surface area (Å²) in [6.45, 7) is 4.19. The first-order valence-electron chi connectivity index (χ1n) is 5.51. The number of aromatic nitrogens is 3. The summed E-state index contributed by atoms with van der Waals surface area (Å²) in [6.07, 6.45) is 3.57. The molecule has 0 aliphatic carbocycles. The molecule has 0 radical (unpaired) electrons. The second kappa shape index (κ2) is 4.53. The number of anilines is 1. The lowest BCUT2D eigenvalue weighted by Gasteiger charge is -2.06. The molecule has 0 aromatic carbocycles. The molecule has 5 heteroatoms. The van der Waals surface area contributed by atoms with E-state index >= 15 is 0 Å². The fraction of sp³-hybridized carbons (Fsp3) is 0.333. The number of hydrogen-bond acceptors (Lipinski definition) is 3. The van der Waals surface area contributed by atoms with Crippen molar-refractivity contribution in [3.05, 3.63) is 29.8 Å². The van der Waals surface area contributed by atoms with Gasteiger partial charge >= 0.3 is 0 Å². The molecule has 0 aliphatic rings. The van der Waals surface area contributed by atoms with Gasteiger partial charge in [-0.1, -0.05) is 13.8 Å². The summed E-state index contributed by atoms with van der Waals surface area (Å²) in [6, 6.07) is 1.42. The molecule has 17 heavy (non-hydrogen) atoms. The molecule has 90 valence electrons. The number of pyridine rings is 1. The van der Waals surface area contributed by atoms with Crippen LogP contribution in [-0.4, -0.2) is 15.2 Å². The van der Waals surface area contributed by atoms with Gasteiger partial charge in [-0.05, 0) is 18.4 Å². The Morgan fingerprint density at radius 3 is 2.82 bits per heavy atom. The van der Waals surface area contributed by atoms with Gasteiger partial charge in [-0.3, -0.25) is 10.1 Å². The topological polar surface area (TPSA) is 67.6 Å². The maximum Gasteiger partial charge on any atom is 0.149 e. The van der Waals surface area contributed by atoms with E-state index in [1.165, 1.54) is 12.3 Å². The summed E-state index contributed by atoms with van der Waals surface area (Å²) in [4.78, 5) is 3.83. The van der Waals surface area contributed by atoms with Gasteiger partial charge < -0.3 is 5.73 Å². The number of nitrogens with two attached hydrogens (primary N) is 1. The summed E-state index contributed by atoms with van der Waals surface area (Å²) < 4.78 is 13.1. The number of nitrogen functional groups attached to an aromatic ring is 1. The van der Waals surface area contributed by atoms with Gasteiger partial charge in [0.2, 0.25) is 0 Å². The highest BCUT2D eigenvalue weighted by Gasteiger charge is 2.14. The Kier molecular flexibility index (Phi) is 3.08. The van der Waals surface area contributed by atoms with Gasteiger partial charge in [0.25, 0.3) is 0 Å². The lowest BCUT2D eigenvalue weighted by Crippen LogP contribution is -1.99. The highest BCUT2D eigenvalue weighted by Crippen LogP contribution is 2.27. The maximum absolute atomic E-state index is 13.1. The molecule has 2 heterocycles. The third-order valence-electron chi connectivity index (χ3n) is 2.51. The zero-order valence-electron chi connectivity index (χ0n) is 9.87. The summed E-state index contributed by atoms with van der Waals surface area (Å²) in [5, 5.41) is 6.82. The average molecular weight is 234 g/mol. The Morgan fingerprint density at radius 2 is 2.18 bits per heavy atom. The zero-order valence-corrected chi connectivity index (χ0v) is 9.87. The molecule has 3 N–H and O–H groups in total. The van der Waals surface area contributed by atoms with Crippen molar-refractivity contribution in [1.82, 2.24) is 15.2 Å². The third kappa shape index (κ3) is 2.43. The average Bonchev–Trinajstić information content (AvgIpc) is 2.60. The molecule has 0 aliphatic heterocycles. The number of hydrogen-bond donors (Lipinski definition) is 2. The van der Waals surface area contributed by atoms with Crippen LogP contribution in [0.2, 0.25) is 0 Å². The number of halogens is 1. The van der Waals surface area contributed by atoms with Crippen LogP contribution < -0.4 is 5.73 Å². The van der Waals surface area contributed by atoms with E-state index in [1.54, 1.807) is 6.20 Å². The third-order valence-corrected chi connectivity index (χ3v) is 2.51. The van der Waals surface area contributed by atoms with E-state index in [-0.39, 0.29) is 5.82 Å². The van der Waals surface area contributed by atoms with E-state index in [4.69, 9.17) is 5.73 Å². The monoisotopic (exact) mass is 234 g/mol. The number of nitrogens with zero attached hydrogens (tertiary/aromatic N) is 2. The minimum atomic E-state index is -0.369. The Labute approximate surface area is 99.1 Å². The lowest BCUT2D eigenvalue weighted by atomic mass is 10.00. The van der Waals surface area contributed by atoms with Crippen LogP contribution in [0, 0.1) is 11.7 Å². The SMILES string of the molecule is CC(C)Cc1c(N)n[nH]c1-c1cncc(F)c1. The van der Waals surface area contributed by atoms with Gasteiger partial charge in [0.05, 0.1) is 11.9 Å². The summed E-state index contributed by atoms with van der Waals surface area (Å²) in [5.41, 5.74) is 8.16. The van der Waals surface area contributed by atoms with E-state index < -0.39 is 0 Å². The van der Waals surface area contributed by atoms with Gasteiger partial charge in [0.15, 0.2) is 0 Å². The number of nitrogens with one attached hydrogen (secondary N) is 1. The largest absolute Gasteiger partial charge is 0.382 e. The maximum atomic E-state index is 13.1. The van der Waals surface area contributed by atoms with Crippen LogP contribution in [0.1, 0.15) is 19.4 Å². The van der Waals surface area contributed by atoms with Crippen molar-refractivity contribution in [2.24, 2.45) is 5.92 Å². The molecule has 0 unspecified atom stereocenters. The van der Waals surface area contributed by atoms with Crippen molar-refractivity contribution >= 4 is 5.82 Å². The Morgan fingerprint density at radius 1 is 1.41 bits per heavy atom. The second-order valence-electron chi connectivity index (χ2n) is 4.45. The normalized spacial score (nSPS) is 11.1. The molecule has 0 bridgehead atoms. The smallest absolute Gasteiger partial charge is 0.149 e. The van der Waals surface area contributed by atoms with Gasteiger partial charge in [0, 0.05) is 17.3 Å². The van der Waals surface area contributed by atoms with Crippen molar-refractivity contribution in [2.75, 3.05) is 5.73 Å². The van der Waals surface area contributed by atoms with Gasteiger partial charge in [-0.25, -0.2) is 4.39 Å². The molecule has 0 saturated carbocycles. The van der Waals surface area contributed by atoms with Crippen molar-refractivity contribution < 1.29 is 4.39 Å². The van der Waals surface area contributed by atoms with E-state index in [1.807, 2.05) is 0 Å². The fourth-order valence-electron chi connectivity index (χ4n) is 1.78. The van der Waals surface area contributed by atoms with E-state index in [0.29, 0.717) is 17.3 Å². The molecule has 2 aromatic heterocycles. The molecule has 0 saturated heterocycles. The predicted octanol–water partition coefficient (Wildman–Crippen LogP) is 2.39. The Bertz CT molecular complexity index is 519. The van der Waals surface area contributed by atoms with Gasteiger partial charge in [0.1, 0.15) is 11.6 Å². The molecular weight excluding hydrogens is 219 g/mol. The van der Waals surface area contributed by atoms with Gasteiger partial charge in [-0.15, -0.1) is 0 Å². The fourth-order valence-corrected chi connectivity index (χ4v) is 1.78. The molecule has 0 atom stereocenters. The van der Waals surface area contributed by atoms with Crippen LogP contribution in [-0.2, 0) is 6.42 Å².